The second-order valence-electron chi connectivity index (χ2n) is 7.19. The number of allylic oxidation sites excluding steroid dienone is 1. The Balaban J connectivity index is 1.60. The van der Waals surface area contributed by atoms with Crippen molar-refractivity contribution in [3.63, 3.8) is 0 Å². The van der Waals surface area contributed by atoms with Gasteiger partial charge in [0.2, 0.25) is 0 Å². The highest BCUT2D eigenvalue weighted by Gasteiger charge is 2.24. The molecule has 7 nitrogen and oxygen atoms in total. The number of carbonyl (C=O) groups is 3. The van der Waals surface area contributed by atoms with Gasteiger partial charge in [-0.05, 0) is 32.3 Å². The fraction of sp³-hybridized carbons (Fsp3) is 0.650. The molecule has 2 atom stereocenters. The first-order valence-electron chi connectivity index (χ1n) is 9.77. The number of ketones is 1. The lowest BCUT2D eigenvalue weighted by Crippen LogP contribution is -2.50. The number of nitrogens with one attached hydrogen (secondary N) is 2. The maximum atomic E-state index is 11.9. The van der Waals surface area contributed by atoms with Crippen molar-refractivity contribution in [2.75, 3.05) is 19.8 Å². The maximum Gasteiger partial charge on any atom is 0.307 e. The largest absolute Gasteiger partial charge is 0.450 e. The molecule has 0 spiro atoms. The number of carbonyl (C=O) groups excluding carboxylic acids is 3. The van der Waals surface area contributed by atoms with Crippen LogP contribution in [0.1, 0.15) is 51.9 Å². The van der Waals surface area contributed by atoms with Crippen LogP contribution in [-0.2, 0) is 19.1 Å². The van der Waals surface area contributed by atoms with Crippen LogP contribution in [0.25, 0.3) is 0 Å². The van der Waals surface area contributed by atoms with Gasteiger partial charge in [-0.2, -0.15) is 0 Å². The highest BCUT2D eigenvalue weighted by Crippen LogP contribution is 2.18. The first kappa shape index (κ1) is 21.3. The summed E-state index contributed by atoms with van der Waals surface area (Å²) in [5.41, 5.74) is 0.663. The van der Waals surface area contributed by atoms with Gasteiger partial charge < -0.3 is 15.0 Å². The first-order valence-corrected chi connectivity index (χ1v) is 9.77. The van der Waals surface area contributed by atoms with E-state index in [0.29, 0.717) is 37.7 Å². The number of Topliss-reactive ketones (excluding diaryl/α,β-unsaturated/α-hetero) is 1. The highest BCUT2D eigenvalue weighted by molar-refractivity contribution is 5.93. The molecule has 1 aliphatic carbocycles. The Morgan fingerprint density at radius 3 is 2.52 bits per heavy atom. The first-order chi connectivity index (χ1) is 13.0. The number of hydrogen-bond donors (Lipinski definition) is 2. The van der Waals surface area contributed by atoms with Crippen molar-refractivity contribution in [2.24, 2.45) is 0 Å². The number of amides is 1. The summed E-state index contributed by atoms with van der Waals surface area (Å²) >= 11 is 0. The maximum absolute atomic E-state index is 11.9. The Bertz CT molecular complexity index is 570. The van der Waals surface area contributed by atoms with Gasteiger partial charge in [-0.15, -0.1) is 0 Å². The quantitative estimate of drug-likeness (QED) is 0.420. The van der Waals surface area contributed by atoms with E-state index in [1.54, 1.807) is 17.9 Å². The molecule has 0 saturated heterocycles. The molecule has 27 heavy (non-hydrogen) atoms. The van der Waals surface area contributed by atoms with Crippen LogP contribution in [0.4, 0.5) is 0 Å². The van der Waals surface area contributed by atoms with Crippen molar-refractivity contribution in [1.82, 2.24) is 15.5 Å². The molecule has 1 aliphatic heterocycles. The van der Waals surface area contributed by atoms with E-state index in [1.807, 2.05) is 0 Å². The zero-order valence-corrected chi connectivity index (χ0v) is 16.2. The minimum Gasteiger partial charge on any atom is -0.450 e. The van der Waals surface area contributed by atoms with E-state index in [-0.39, 0.29) is 36.9 Å². The minimum absolute atomic E-state index is 0.0874. The summed E-state index contributed by atoms with van der Waals surface area (Å²) in [6.45, 7) is 6.74. The van der Waals surface area contributed by atoms with Gasteiger partial charge >= 0.3 is 5.97 Å². The molecular weight excluding hydrogens is 346 g/mol. The molecule has 150 valence electrons. The Hall–Kier alpha value is -1.99. The molecule has 0 radical (unpaired) electrons. The van der Waals surface area contributed by atoms with Crippen molar-refractivity contribution in [3.8, 4) is 0 Å². The summed E-state index contributed by atoms with van der Waals surface area (Å²) < 4.78 is 5.28. The van der Waals surface area contributed by atoms with Gasteiger partial charge in [0.25, 0.3) is 5.91 Å². The van der Waals surface area contributed by atoms with E-state index in [2.05, 4.69) is 17.2 Å². The fourth-order valence-corrected chi connectivity index (χ4v) is 3.48. The third kappa shape index (κ3) is 7.27. The lowest BCUT2D eigenvalue weighted by molar-refractivity contribution is -0.145. The van der Waals surface area contributed by atoms with E-state index in [1.165, 1.54) is 12.5 Å². The second kappa shape index (κ2) is 11.0. The van der Waals surface area contributed by atoms with E-state index in [0.717, 1.165) is 19.3 Å². The monoisotopic (exact) mass is 377 g/mol. The van der Waals surface area contributed by atoms with Crippen LogP contribution in [0, 0.1) is 0 Å². The van der Waals surface area contributed by atoms with Crippen LogP contribution in [-0.4, -0.2) is 54.5 Å². The van der Waals surface area contributed by atoms with Crippen LogP contribution >= 0.6 is 0 Å². The molecule has 2 N–H and O–H groups in total. The summed E-state index contributed by atoms with van der Waals surface area (Å²) in [6, 6.07) is 0.548. The van der Waals surface area contributed by atoms with Crippen molar-refractivity contribution < 1.29 is 19.1 Å². The van der Waals surface area contributed by atoms with E-state index in [4.69, 9.17) is 4.74 Å². The van der Waals surface area contributed by atoms with Crippen LogP contribution in [0.2, 0.25) is 0 Å². The van der Waals surface area contributed by atoms with Gasteiger partial charge in [0.1, 0.15) is 12.5 Å². The second-order valence-corrected chi connectivity index (χ2v) is 7.19. The predicted molar refractivity (Wildman–Crippen MR) is 103 cm³/mol. The predicted octanol–water partition coefficient (Wildman–Crippen LogP) is 1.65. The smallest absolute Gasteiger partial charge is 0.307 e. The minimum atomic E-state index is -0.274. The molecule has 1 fully saturated rings. The molecule has 0 bridgehead atoms. The van der Waals surface area contributed by atoms with Crippen LogP contribution in [0.3, 0.4) is 0 Å². The van der Waals surface area contributed by atoms with Crippen LogP contribution in [0.5, 0.6) is 0 Å². The SMILES string of the molecule is C=C1C=CC(=O)N1CCCC(=O)OCNC1CCCC[C@H]1NCCC(C)=O. The summed E-state index contributed by atoms with van der Waals surface area (Å²) in [4.78, 5) is 36.1. The highest BCUT2D eigenvalue weighted by atomic mass is 16.5. The molecule has 7 heteroatoms. The van der Waals surface area contributed by atoms with Crippen LogP contribution in [0.15, 0.2) is 24.4 Å². The molecule has 2 rings (SSSR count). The Morgan fingerprint density at radius 1 is 1.19 bits per heavy atom. The number of hydrogen-bond acceptors (Lipinski definition) is 6. The summed E-state index contributed by atoms with van der Waals surface area (Å²) in [6.07, 6.45) is 8.93. The average molecular weight is 377 g/mol. The van der Waals surface area contributed by atoms with Gasteiger partial charge in [0.05, 0.1) is 0 Å². The topological polar surface area (TPSA) is 87.7 Å². The molecule has 1 heterocycles. The summed E-state index contributed by atoms with van der Waals surface area (Å²) in [7, 11) is 0. The molecule has 2 aliphatic rings. The Labute approximate surface area is 161 Å². The Kier molecular flexibility index (Phi) is 8.67. The number of nitrogens with zero attached hydrogens (tertiary/aromatic N) is 1. The summed E-state index contributed by atoms with van der Waals surface area (Å²) in [5, 5.41) is 6.75. The third-order valence-corrected chi connectivity index (χ3v) is 5.02. The van der Waals surface area contributed by atoms with E-state index < -0.39 is 0 Å². The van der Waals surface area contributed by atoms with E-state index in [9.17, 15) is 14.4 Å². The zero-order valence-electron chi connectivity index (χ0n) is 16.2. The van der Waals surface area contributed by atoms with Crippen molar-refractivity contribution >= 4 is 17.7 Å². The molecule has 0 aromatic rings. The molecule has 0 aromatic heterocycles. The van der Waals surface area contributed by atoms with Crippen molar-refractivity contribution in [1.29, 1.82) is 0 Å². The van der Waals surface area contributed by atoms with Gasteiger partial charge in [-0.25, -0.2) is 0 Å². The van der Waals surface area contributed by atoms with Gasteiger partial charge in [-0.1, -0.05) is 19.4 Å². The lowest BCUT2D eigenvalue weighted by Gasteiger charge is -2.33. The van der Waals surface area contributed by atoms with Gasteiger partial charge in [0.15, 0.2) is 0 Å². The van der Waals surface area contributed by atoms with Gasteiger partial charge in [0, 0.05) is 49.8 Å². The average Bonchev–Trinajstić information content (AvgIpc) is 2.94. The van der Waals surface area contributed by atoms with E-state index >= 15 is 0 Å². The van der Waals surface area contributed by atoms with Crippen molar-refractivity contribution in [3.05, 3.63) is 24.4 Å². The number of esters is 1. The molecule has 1 amide bonds. The molecule has 0 aromatic carbocycles. The van der Waals surface area contributed by atoms with Crippen LogP contribution < -0.4 is 10.6 Å². The lowest BCUT2D eigenvalue weighted by atomic mass is 9.90. The third-order valence-electron chi connectivity index (χ3n) is 5.02. The van der Waals surface area contributed by atoms with Crippen molar-refractivity contribution in [2.45, 2.75) is 64.0 Å². The fourth-order valence-electron chi connectivity index (χ4n) is 3.48. The Morgan fingerprint density at radius 2 is 1.89 bits per heavy atom. The molecular formula is C20H31N3O4. The molecule has 1 unspecified atom stereocenters. The molecule has 1 saturated carbocycles. The van der Waals surface area contributed by atoms with Gasteiger partial charge in [-0.3, -0.25) is 19.7 Å². The normalized spacial score (nSPS) is 22.3. The number of rotatable bonds is 11. The standard InChI is InChI=1S/C20H31N3O4/c1-15-9-10-19(25)23(15)13-5-8-20(26)27-14-22-18-7-4-3-6-17(18)21-12-11-16(2)24/h9-10,17-18,21-22H,1,3-8,11-14H2,2H3/t17-,18?/m1/s1. The summed E-state index contributed by atoms with van der Waals surface area (Å²) in [5.74, 6) is -0.174. The zero-order chi connectivity index (χ0) is 19.6. The number of ether oxygens (including phenoxy) is 1.